The highest BCUT2D eigenvalue weighted by atomic mass is 35.5. The molecule has 0 N–H and O–H groups in total. The van der Waals surface area contributed by atoms with Crippen molar-refractivity contribution < 1.29 is 4.74 Å². The van der Waals surface area contributed by atoms with Crippen molar-refractivity contribution in [3.63, 3.8) is 0 Å². The summed E-state index contributed by atoms with van der Waals surface area (Å²) in [6, 6.07) is 0. The minimum absolute atomic E-state index is 0.166. The fourth-order valence-electron chi connectivity index (χ4n) is 3.29. The number of halogens is 1. The lowest BCUT2D eigenvalue weighted by Gasteiger charge is -2.18. The minimum Gasteiger partial charge on any atom is -0.479 e. The van der Waals surface area contributed by atoms with Gasteiger partial charge >= 0.3 is 0 Å². The molecule has 1 fully saturated rings. The van der Waals surface area contributed by atoms with Crippen LogP contribution in [0.4, 0.5) is 0 Å². The van der Waals surface area contributed by atoms with Crippen molar-refractivity contribution in [1.29, 1.82) is 0 Å². The van der Waals surface area contributed by atoms with Crippen molar-refractivity contribution >= 4 is 22.8 Å². The Morgan fingerprint density at radius 3 is 2.86 bits per heavy atom. The molecule has 3 unspecified atom stereocenters. The maximum Gasteiger partial charge on any atom is 0.245 e. The maximum atomic E-state index is 6.32. The summed E-state index contributed by atoms with van der Waals surface area (Å²) in [6.45, 7) is 5.19. The fraction of sp³-hybridized carbons (Fsp3) is 0.667. The molecule has 1 saturated carbocycles. The molecular weight excluding hydrogens is 288 g/mol. The van der Waals surface area contributed by atoms with Gasteiger partial charge in [0.1, 0.15) is 12.2 Å². The van der Waals surface area contributed by atoms with Crippen molar-refractivity contribution in [3.05, 3.63) is 12.2 Å². The highest BCUT2D eigenvalue weighted by Gasteiger charge is 2.27. The number of methoxy groups -OCH3 is 1. The predicted molar refractivity (Wildman–Crippen MR) is 82.6 cm³/mol. The van der Waals surface area contributed by atoms with Crippen LogP contribution in [0.2, 0.25) is 0 Å². The third kappa shape index (κ3) is 2.59. The van der Waals surface area contributed by atoms with Gasteiger partial charge in [0.15, 0.2) is 11.2 Å². The third-order valence-corrected chi connectivity index (χ3v) is 4.73. The van der Waals surface area contributed by atoms with Crippen LogP contribution >= 0.6 is 11.6 Å². The van der Waals surface area contributed by atoms with Gasteiger partial charge in [0.2, 0.25) is 5.88 Å². The quantitative estimate of drug-likeness (QED) is 0.810. The largest absolute Gasteiger partial charge is 0.479 e. The Balaban J connectivity index is 2.08. The smallest absolute Gasteiger partial charge is 0.245 e. The van der Waals surface area contributed by atoms with Gasteiger partial charge < -0.3 is 9.30 Å². The van der Waals surface area contributed by atoms with E-state index < -0.39 is 0 Å². The van der Waals surface area contributed by atoms with Crippen molar-refractivity contribution in [2.75, 3.05) is 7.11 Å². The zero-order chi connectivity index (χ0) is 15.0. The lowest BCUT2D eigenvalue weighted by Crippen LogP contribution is -2.16. The van der Waals surface area contributed by atoms with E-state index in [4.69, 9.17) is 16.3 Å². The van der Waals surface area contributed by atoms with Crippen molar-refractivity contribution in [1.82, 2.24) is 19.5 Å². The molecule has 3 rings (SSSR count). The van der Waals surface area contributed by atoms with E-state index in [-0.39, 0.29) is 5.38 Å². The maximum absolute atomic E-state index is 6.32. The van der Waals surface area contributed by atoms with Crippen LogP contribution in [-0.4, -0.2) is 26.6 Å². The zero-order valence-corrected chi connectivity index (χ0v) is 13.5. The average Bonchev–Trinajstić information content (AvgIpc) is 3.04. The van der Waals surface area contributed by atoms with Crippen molar-refractivity contribution in [3.8, 4) is 5.88 Å². The number of hydrogen-bond acceptors (Lipinski definition) is 4. The summed E-state index contributed by atoms with van der Waals surface area (Å²) in [4.78, 5) is 13.2. The molecule has 6 heteroatoms. The Hall–Kier alpha value is -1.36. The Bertz CT molecular complexity index is 640. The molecule has 0 radical (unpaired) electrons. The summed E-state index contributed by atoms with van der Waals surface area (Å²) in [6.07, 6.45) is 5.41. The highest BCUT2D eigenvalue weighted by molar-refractivity contribution is 6.20. The first kappa shape index (κ1) is 14.6. The molecule has 2 heterocycles. The molecule has 114 valence electrons. The molecule has 3 atom stereocenters. The summed E-state index contributed by atoms with van der Waals surface area (Å²) < 4.78 is 7.45. The van der Waals surface area contributed by atoms with E-state index >= 15 is 0 Å². The molecule has 0 aromatic carbocycles. The summed E-state index contributed by atoms with van der Waals surface area (Å²) in [5, 5.41) is -0.166. The van der Waals surface area contributed by atoms with Crippen LogP contribution in [0, 0.1) is 11.8 Å². The molecule has 0 saturated heterocycles. The van der Waals surface area contributed by atoms with E-state index in [0.29, 0.717) is 17.3 Å². The van der Waals surface area contributed by atoms with Crippen molar-refractivity contribution in [2.45, 2.75) is 45.0 Å². The van der Waals surface area contributed by atoms with Crippen molar-refractivity contribution in [2.24, 2.45) is 11.8 Å². The first-order chi connectivity index (χ1) is 10.1. The minimum atomic E-state index is -0.166. The summed E-state index contributed by atoms with van der Waals surface area (Å²) in [7, 11) is 1.60. The van der Waals surface area contributed by atoms with Gasteiger partial charge in [-0.05, 0) is 25.2 Å². The highest BCUT2D eigenvalue weighted by Crippen LogP contribution is 2.35. The summed E-state index contributed by atoms with van der Waals surface area (Å²) in [5.74, 6) is 2.77. The monoisotopic (exact) mass is 308 g/mol. The second-order valence-corrected chi connectivity index (χ2v) is 6.57. The molecule has 0 bridgehead atoms. The Kier molecular flexibility index (Phi) is 4.02. The van der Waals surface area contributed by atoms with E-state index in [1.165, 1.54) is 25.6 Å². The zero-order valence-electron chi connectivity index (χ0n) is 12.7. The molecule has 0 amide bonds. The normalized spacial score (nSPS) is 23.6. The SMILES string of the molecule is COc1ncnc2c1nc(C(C)Cl)n2CC1CCCC1C. The molecular formula is C15H21ClN4O. The van der Waals surface area contributed by atoms with Crippen LogP contribution in [-0.2, 0) is 6.54 Å². The molecule has 2 aromatic rings. The topological polar surface area (TPSA) is 52.8 Å². The molecule has 1 aliphatic carbocycles. The van der Waals surface area contributed by atoms with Gasteiger partial charge in [-0.2, -0.15) is 4.98 Å². The van der Waals surface area contributed by atoms with Gasteiger partial charge in [0.25, 0.3) is 0 Å². The molecule has 21 heavy (non-hydrogen) atoms. The van der Waals surface area contributed by atoms with Gasteiger partial charge in [-0.3, -0.25) is 0 Å². The molecule has 0 spiro atoms. The summed E-state index contributed by atoms with van der Waals surface area (Å²) >= 11 is 6.32. The Morgan fingerprint density at radius 2 is 2.24 bits per heavy atom. The predicted octanol–water partition coefficient (Wildman–Crippen LogP) is 3.57. The number of aromatic nitrogens is 4. The van der Waals surface area contributed by atoms with Crippen LogP contribution in [0.15, 0.2) is 6.33 Å². The van der Waals surface area contributed by atoms with Gasteiger partial charge in [-0.1, -0.05) is 19.8 Å². The lowest BCUT2D eigenvalue weighted by atomic mass is 9.98. The number of nitrogens with zero attached hydrogens (tertiary/aromatic N) is 4. The van der Waals surface area contributed by atoms with Crippen LogP contribution in [0.5, 0.6) is 5.88 Å². The fourth-order valence-corrected chi connectivity index (χ4v) is 3.46. The lowest BCUT2D eigenvalue weighted by molar-refractivity contribution is 0.362. The van der Waals surface area contributed by atoms with Gasteiger partial charge in [-0.15, -0.1) is 11.6 Å². The molecule has 1 aliphatic rings. The molecule has 2 aromatic heterocycles. The summed E-state index contributed by atoms with van der Waals surface area (Å²) in [5.41, 5.74) is 1.52. The van der Waals surface area contributed by atoms with Gasteiger partial charge in [-0.25, -0.2) is 9.97 Å². The van der Waals surface area contributed by atoms with Gasteiger partial charge in [0, 0.05) is 6.54 Å². The third-order valence-electron chi connectivity index (χ3n) is 4.53. The second-order valence-electron chi connectivity index (χ2n) is 5.92. The average molecular weight is 309 g/mol. The van der Waals surface area contributed by atoms with Crippen LogP contribution in [0.3, 0.4) is 0 Å². The molecule has 0 aliphatic heterocycles. The van der Waals surface area contributed by atoms with E-state index in [0.717, 1.165) is 23.9 Å². The number of alkyl halides is 1. The van der Waals surface area contributed by atoms with Crippen LogP contribution in [0.25, 0.3) is 11.2 Å². The molecule has 5 nitrogen and oxygen atoms in total. The Morgan fingerprint density at radius 1 is 1.43 bits per heavy atom. The van der Waals surface area contributed by atoms with Crippen LogP contribution < -0.4 is 4.74 Å². The number of ether oxygens (including phenoxy) is 1. The van der Waals surface area contributed by atoms with E-state index in [2.05, 4.69) is 26.4 Å². The van der Waals surface area contributed by atoms with Crippen LogP contribution in [0.1, 0.15) is 44.3 Å². The Labute approximate surface area is 129 Å². The van der Waals surface area contributed by atoms with E-state index in [1.807, 2.05) is 6.92 Å². The number of rotatable bonds is 4. The van der Waals surface area contributed by atoms with E-state index in [9.17, 15) is 0 Å². The standard InChI is InChI=1S/C15H21ClN4O/c1-9-5-4-6-11(9)7-20-13(10(2)16)19-12-14(20)17-8-18-15(12)21-3/h8-11H,4-7H2,1-3H3. The van der Waals surface area contributed by atoms with E-state index in [1.54, 1.807) is 7.11 Å². The first-order valence-electron chi connectivity index (χ1n) is 7.51. The first-order valence-corrected chi connectivity index (χ1v) is 7.94. The number of hydrogen-bond donors (Lipinski definition) is 0. The second kappa shape index (κ2) is 5.79. The number of fused-ring (bicyclic) bond motifs is 1. The van der Waals surface area contributed by atoms with Gasteiger partial charge in [0.05, 0.1) is 12.5 Å². The number of imidazole rings is 1.